The lowest BCUT2D eigenvalue weighted by Gasteiger charge is -2.09. The van der Waals surface area contributed by atoms with Crippen molar-refractivity contribution in [2.75, 3.05) is 20.8 Å². The number of nitrogens with zero attached hydrogens (tertiary/aromatic N) is 1. The summed E-state index contributed by atoms with van der Waals surface area (Å²) in [6, 6.07) is 13.1. The quantitative estimate of drug-likeness (QED) is 0.376. The van der Waals surface area contributed by atoms with Crippen LogP contribution in [-0.2, 0) is 4.79 Å². The SMILES string of the molecule is COc1ccc(C(=O)NCC(=O)N/N=C/c2ccc(-c3cc(Cl)ccc3Cl)o2)cc1OC. The van der Waals surface area contributed by atoms with Crippen molar-refractivity contribution in [2.24, 2.45) is 5.10 Å². The molecule has 3 rings (SSSR count). The Balaban J connectivity index is 1.52. The Hall–Kier alpha value is -3.49. The van der Waals surface area contributed by atoms with Crippen molar-refractivity contribution in [2.45, 2.75) is 0 Å². The minimum Gasteiger partial charge on any atom is -0.493 e. The summed E-state index contributed by atoms with van der Waals surface area (Å²) in [7, 11) is 2.97. The molecule has 0 bridgehead atoms. The molecule has 2 aromatic carbocycles. The molecule has 32 heavy (non-hydrogen) atoms. The minimum atomic E-state index is -0.514. The van der Waals surface area contributed by atoms with Crippen LogP contribution in [0, 0.1) is 0 Å². The van der Waals surface area contributed by atoms with Gasteiger partial charge in [-0.05, 0) is 48.5 Å². The van der Waals surface area contributed by atoms with Gasteiger partial charge in [0.2, 0.25) is 0 Å². The Kier molecular flexibility index (Phi) is 7.75. The average Bonchev–Trinajstić information content (AvgIpc) is 3.27. The Morgan fingerprint density at radius 3 is 2.56 bits per heavy atom. The van der Waals surface area contributed by atoms with E-state index in [0.29, 0.717) is 44.2 Å². The van der Waals surface area contributed by atoms with E-state index in [9.17, 15) is 9.59 Å². The fourth-order valence-electron chi connectivity index (χ4n) is 2.70. The van der Waals surface area contributed by atoms with E-state index >= 15 is 0 Å². The molecule has 1 aromatic heterocycles. The van der Waals surface area contributed by atoms with Crippen LogP contribution in [0.1, 0.15) is 16.1 Å². The van der Waals surface area contributed by atoms with E-state index in [1.807, 2.05) is 0 Å². The van der Waals surface area contributed by atoms with E-state index in [4.69, 9.17) is 37.1 Å². The standard InChI is InChI=1S/C22H19Cl2N3O5/c1-30-19-7-3-13(9-20(19)31-2)22(29)25-12-21(28)27-26-11-15-5-8-18(32-15)16-10-14(23)4-6-17(16)24/h3-11H,12H2,1-2H3,(H,25,29)(H,27,28)/b26-11+. The number of carbonyl (C=O) groups is 2. The predicted molar refractivity (Wildman–Crippen MR) is 122 cm³/mol. The fraction of sp³-hybridized carbons (Fsp3) is 0.136. The second kappa shape index (κ2) is 10.7. The van der Waals surface area contributed by atoms with Gasteiger partial charge in [-0.25, -0.2) is 5.43 Å². The van der Waals surface area contributed by atoms with Crippen LogP contribution < -0.4 is 20.2 Å². The molecule has 0 unspecified atom stereocenters. The second-order valence-electron chi connectivity index (χ2n) is 6.37. The molecule has 8 nitrogen and oxygen atoms in total. The van der Waals surface area contributed by atoms with Crippen LogP contribution in [0.4, 0.5) is 0 Å². The van der Waals surface area contributed by atoms with E-state index in [2.05, 4.69) is 15.8 Å². The Bertz CT molecular complexity index is 1160. The van der Waals surface area contributed by atoms with Crippen molar-refractivity contribution in [1.82, 2.24) is 10.7 Å². The lowest BCUT2D eigenvalue weighted by atomic mass is 10.2. The molecular weight excluding hydrogens is 457 g/mol. The summed E-state index contributed by atoms with van der Waals surface area (Å²) in [6.07, 6.45) is 1.33. The third kappa shape index (κ3) is 5.81. The first-order valence-electron chi connectivity index (χ1n) is 9.28. The largest absolute Gasteiger partial charge is 0.493 e. The van der Waals surface area contributed by atoms with Gasteiger partial charge in [0, 0.05) is 16.1 Å². The van der Waals surface area contributed by atoms with Gasteiger partial charge in [0.05, 0.1) is 32.0 Å². The monoisotopic (exact) mass is 475 g/mol. The van der Waals surface area contributed by atoms with Crippen molar-refractivity contribution in [3.63, 3.8) is 0 Å². The van der Waals surface area contributed by atoms with Gasteiger partial charge in [0.1, 0.15) is 11.5 Å². The first-order valence-corrected chi connectivity index (χ1v) is 10.0. The summed E-state index contributed by atoms with van der Waals surface area (Å²) in [6.45, 7) is -0.272. The first-order chi connectivity index (χ1) is 15.4. The van der Waals surface area contributed by atoms with Gasteiger partial charge >= 0.3 is 0 Å². The number of nitrogens with one attached hydrogen (secondary N) is 2. The summed E-state index contributed by atoms with van der Waals surface area (Å²) in [5, 5.41) is 7.34. The van der Waals surface area contributed by atoms with Gasteiger partial charge in [-0.15, -0.1) is 0 Å². The van der Waals surface area contributed by atoms with Crippen molar-refractivity contribution in [1.29, 1.82) is 0 Å². The highest BCUT2D eigenvalue weighted by atomic mass is 35.5. The number of ether oxygens (including phenoxy) is 2. The molecular formula is C22H19Cl2N3O5. The van der Waals surface area contributed by atoms with Crippen LogP contribution in [0.3, 0.4) is 0 Å². The van der Waals surface area contributed by atoms with E-state index in [-0.39, 0.29) is 6.54 Å². The molecule has 0 atom stereocenters. The summed E-state index contributed by atoms with van der Waals surface area (Å²) in [5.41, 5.74) is 3.27. The topological polar surface area (TPSA) is 102 Å². The third-order valence-electron chi connectivity index (χ3n) is 4.26. The van der Waals surface area contributed by atoms with E-state index in [1.165, 1.54) is 26.5 Å². The molecule has 0 radical (unpaired) electrons. The van der Waals surface area contributed by atoms with Crippen molar-refractivity contribution >= 4 is 41.2 Å². The highest BCUT2D eigenvalue weighted by Crippen LogP contribution is 2.31. The average molecular weight is 476 g/mol. The van der Waals surface area contributed by atoms with Gasteiger partial charge in [0.15, 0.2) is 11.5 Å². The maximum atomic E-state index is 12.2. The molecule has 0 fully saturated rings. The lowest BCUT2D eigenvalue weighted by molar-refractivity contribution is -0.120. The molecule has 0 saturated carbocycles. The number of amides is 2. The summed E-state index contributed by atoms with van der Waals surface area (Å²) >= 11 is 12.2. The van der Waals surface area contributed by atoms with Crippen LogP contribution >= 0.6 is 23.2 Å². The number of hydrogen-bond donors (Lipinski definition) is 2. The summed E-state index contributed by atoms with van der Waals surface area (Å²) in [4.78, 5) is 24.2. The van der Waals surface area contributed by atoms with Gasteiger partial charge < -0.3 is 19.2 Å². The number of hydrazone groups is 1. The maximum absolute atomic E-state index is 12.2. The van der Waals surface area contributed by atoms with Crippen LogP contribution in [0.2, 0.25) is 10.0 Å². The number of rotatable bonds is 8. The smallest absolute Gasteiger partial charge is 0.259 e. The molecule has 0 saturated heterocycles. The van der Waals surface area contributed by atoms with Crippen LogP contribution in [0.25, 0.3) is 11.3 Å². The van der Waals surface area contributed by atoms with Crippen molar-refractivity contribution < 1.29 is 23.5 Å². The summed E-state index contributed by atoms with van der Waals surface area (Å²) < 4.78 is 15.9. The third-order valence-corrected chi connectivity index (χ3v) is 4.82. The number of benzene rings is 2. The molecule has 0 spiro atoms. The highest BCUT2D eigenvalue weighted by Gasteiger charge is 2.12. The molecule has 0 aliphatic rings. The fourth-order valence-corrected chi connectivity index (χ4v) is 3.08. The molecule has 3 aromatic rings. The second-order valence-corrected chi connectivity index (χ2v) is 7.22. The number of hydrogen-bond acceptors (Lipinski definition) is 6. The lowest BCUT2D eigenvalue weighted by Crippen LogP contribution is -2.34. The molecule has 0 aliphatic carbocycles. The van der Waals surface area contributed by atoms with E-state index in [0.717, 1.165) is 0 Å². The van der Waals surface area contributed by atoms with E-state index in [1.54, 1.807) is 42.5 Å². The van der Waals surface area contributed by atoms with Crippen molar-refractivity contribution in [3.05, 3.63) is 69.9 Å². The molecule has 166 valence electrons. The van der Waals surface area contributed by atoms with Crippen LogP contribution in [0.15, 0.2) is 58.0 Å². The Morgan fingerprint density at radius 1 is 1.03 bits per heavy atom. The normalized spacial score (nSPS) is 10.8. The molecule has 10 heteroatoms. The molecule has 1 heterocycles. The highest BCUT2D eigenvalue weighted by molar-refractivity contribution is 6.35. The zero-order chi connectivity index (χ0) is 23.1. The summed E-state index contributed by atoms with van der Waals surface area (Å²) in [5.74, 6) is 0.845. The molecule has 0 aliphatic heterocycles. The maximum Gasteiger partial charge on any atom is 0.259 e. The van der Waals surface area contributed by atoms with Crippen molar-refractivity contribution in [3.8, 4) is 22.8 Å². The van der Waals surface area contributed by atoms with Crippen LogP contribution in [-0.4, -0.2) is 38.8 Å². The molecule has 2 N–H and O–H groups in total. The van der Waals surface area contributed by atoms with E-state index < -0.39 is 11.8 Å². The van der Waals surface area contributed by atoms with Gasteiger partial charge in [0.25, 0.3) is 11.8 Å². The minimum absolute atomic E-state index is 0.272. The number of methoxy groups -OCH3 is 2. The molecule has 2 amide bonds. The number of halogens is 2. The van der Waals surface area contributed by atoms with Gasteiger partial charge in [-0.3, -0.25) is 9.59 Å². The number of furan rings is 1. The first kappa shape index (κ1) is 23.2. The zero-order valence-electron chi connectivity index (χ0n) is 17.1. The zero-order valence-corrected chi connectivity index (χ0v) is 18.7. The van der Waals surface area contributed by atoms with Gasteiger partial charge in [-0.2, -0.15) is 5.10 Å². The number of carbonyl (C=O) groups excluding carboxylic acids is 2. The Labute approximate surface area is 194 Å². The van der Waals surface area contributed by atoms with Gasteiger partial charge in [-0.1, -0.05) is 23.2 Å². The van der Waals surface area contributed by atoms with Crippen LogP contribution in [0.5, 0.6) is 11.5 Å². The Morgan fingerprint density at radius 2 is 1.81 bits per heavy atom. The predicted octanol–water partition coefficient (Wildman–Crippen LogP) is 4.15.